The summed E-state index contributed by atoms with van der Waals surface area (Å²) in [6.07, 6.45) is 0. The van der Waals surface area contributed by atoms with Crippen LogP contribution in [0.1, 0.15) is 34.7 Å². The predicted octanol–water partition coefficient (Wildman–Crippen LogP) is 2.45. The number of hydrazine groups is 1. The Bertz CT molecular complexity index is 1030. The Morgan fingerprint density at radius 1 is 0.793 bits per heavy atom. The Hall–Kier alpha value is -3.74. The molecule has 0 saturated carbocycles. The van der Waals surface area contributed by atoms with Crippen molar-refractivity contribution >= 4 is 28.6 Å². The van der Waals surface area contributed by atoms with Crippen molar-refractivity contribution in [1.82, 2.24) is 21.2 Å². The van der Waals surface area contributed by atoms with E-state index in [-0.39, 0.29) is 17.5 Å². The maximum Gasteiger partial charge on any atom is 0.288 e. The van der Waals surface area contributed by atoms with E-state index in [4.69, 9.17) is 0 Å². The molecule has 3 rings (SSSR count). The molecule has 148 valence electrons. The van der Waals surface area contributed by atoms with Crippen LogP contribution in [0.2, 0.25) is 0 Å². The minimum Gasteiger partial charge on any atom is -0.340 e. The SMILES string of the molecule is CC(C)C(NC(=O)c1ccccc1)C(=O)NNC(=O)c1ccc2ccccc2n1. The highest BCUT2D eigenvalue weighted by Gasteiger charge is 2.25. The van der Waals surface area contributed by atoms with Crippen molar-refractivity contribution in [3.8, 4) is 0 Å². The Labute approximate surface area is 168 Å². The fourth-order valence-electron chi connectivity index (χ4n) is 2.80. The lowest BCUT2D eigenvalue weighted by atomic mass is 10.0. The monoisotopic (exact) mass is 390 g/mol. The zero-order valence-corrected chi connectivity index (χ0v) is 16.2. The zero-order valence-electron chi connectivity index (χ0n) is 16.2. The highest BCUT2D eigenvalue weighted by atomic mass is 16.2. The average molecular weight is 390 g/mol. The van der Waals surface area contributed by atoms with Crippen LogP contribution in [0.5, 0.6) is 0 Å². The number of pyridine rings is 1. The highest BCUT2D eigenvalue weighted by molar-refractivity contribution is 5.99. The first kappa shape index (κ1) is 20.0. The third kappa shape index (κ3) is 4.95. The number of rotatable bonds is 5. The van der Waals surface area contributed by atoms with Gasteiger partial charge in [-0.05, 0) is 30.2 Å². The van der Waals surface area contributed by atoms with Crippen LogP contribution in [0.25, 0.3) is 10.9 Å². The van der Waals surface area contributed by atoms with E-state index in [1.807, 2.05) is 32.0 Å². The van der Waals surface area contributed by atoms with Crippen molar-refractivity contribution in [2.24, 2.45) is 5.92 Å². The fourth-order valence-corrected chi connectivity index (χ4v) is 2.80. The van der Waals surface area contributed by atoms with Crippen LogP contribution in [0.3, 0.4) is 0 Å². The van der Waals surface area contributed by atoms with Crippen LogP contribution in [0, 0.1) is 5.92 Å². The number of carbonyl (C=O) groups excluding carboxylic acids is 3. The molecule has 1 heterocycles. The molecule has 29 heavy (non-hydrogen) atoms. The van der Waals surface area contributed by atoms with Crippen LogP contribution < -0.4 is 16.2 Å². The Kier molecular flexibility index (Phi) is 6.19. The second-order valence-electron chi connectivity index (χ2n) is 6.89. The van der Waals surface area contributed by atoms with Gasteiger partial charge in [0.05, 0.1) is 5.52 Å². The number of aromatic nitrogens is 1. The van der Waals surface area contributed by atoms with Crippen molar-refractivity contribution in [1.29, 1.82) is 0 Å². The van der Waals surface area contributed by atoms with Gasteiger partial charge in [0.15, 0.2) is 0 Å². The molecule has 3 aromatic rings. The Morgan fingerprint density at radius 3 is 2.21 bits per heavy atom. The number of carbonyl (C=O) groups is 3. The summed E-state index contributed by atoms with van der Waals surface area (Å²) in [6.45, 7) is 3.62. The molecule has 1 aromatic heterocycles. The van der Waals surface area contributed by atoms with E-state index >= 15 is 0 Å². The summed E-state index contributed by atoms with van der Waals surface area (Å²) in [7, 11) is 0. The van der Waals surface area contributed by atoms with E-state index in [1.165, 1.54) is 0 Å². The second kappa shape index (κ2) is 8.97. The number of hydrogen-bond donors (Lipinski definition) is 3. The summed E-state index contributed by atoms with van der Waals surface area (Å²) < 4.78 is 0. The zero-order chi connectivity index (χ0) is 20.8. The Morgan fingerprint density at radius 2 is 1.48 bits per heavy atom. The maximum absolute atomic E-state index is 12.5. The molecule has 7 heteroatoms. The fraction of sp³-hybridized carbons (Fsp3) is 0.182. The van der Waals surface area contributed by atoms with Crippen molar-refractivity contribution in [2.75, 3.05) is 0 Å². The highest BCUT2D eigenvalue weighted by Crippen LogP contribution is 2.11. The molecule has 0 fully saturated rings. The normalized spacial score (nSPS) is 11.7. The molecular formula is C22H22N4O3. The second-order valence-corrected chi connectivity index (χ2v) is 6.89. The van der Waals surface area contributed by atoms with Gasteiger partial charge in [-0.25, -0.2) is 4.98 Å². The van der Waals surface area contributed by atoms with E-state index in [9.17, 15) is 14.4 Å². The summed E-state index contributed by atoms with van der Waals surface area (Å²) in [4.78, 5) is 41.5. The molecule has 3 N–H and O–H groups in total. The van der Waals surface area contributed by atoms with Gasteiger partial charge < -0.3 is 5.32 Å². The number of amides is 3. The minimum absolute atomic E-state index is 0.179. The maximum atomic E-state index is 12.5. The molecule has 2 aromatic carbocycles. The molecule has 3 amide bonds. The van der Waals surface area contributed by atoms with Crippen molar-refractivity contribution in [3.05, 3.63) is 78.0 Å². The molecule has 0 aliphatic carbocycles. The summed E-state index contributed by atoms with van der Waals surface area (Å²) in [5.41, 5.74) is 6.05. The van der Waals surface area contributed by atoms with E-state index in [0.717, 1.165) is 5.39 Å². The molecule has 0 saturated heterocycles. The topological polar surface area (TPSA) is 100 Å². The first-order valence-corrected chi connectivity index (χ1v) is 9.27. The van der Waals surface area contributed by atoms with Crippen LogP contribution in [0.15, 0.2) is 66.7 Å². The smallest absolute Gasteiger partial charge is 0.288 e. The molecule has 0 aliphatic rings. The molecule has 7 nitrogen and oxygen atoms in total. The summed E-state index contributed by atoms with van der Waals surface area (Å²) in [5, 5.41) is 3.62. The van der Waals surface area contributed by atoms with Crippen LogP contribution in [-0.4, -0.2) is 28.7 Å². The van der Waals surface area contributed by atoms with Crippen molar-refractivity contribution in [3.63, 3.8) is 0 Å². The van der Waals surface area contributed by atoms with Gasteiger partial charge in [0.1, 0.15) is 11.7 Å². The number of para-hydroxylation sites is 1. The van der Waals surface area contributed by atoms with E-state index < -0.39 is 17.9 Å². The van der Waals surface area contributed by atoms with E-state index in [1.54, 1.807) is 48.5 Å². The van der Waals surface area contributed by atoms with Gasteiger partial charge in [-0.2, -0.15) is 0 Å². The lowest BCUT2D eigenvalue weighted by molar-refractivity contribution is -0.124. The summed E-state index contributed by atoms with van der Waals surface area (Å²) in [5.74, 6) is -1.60. The summed E-state index contributed by atoms with van der Waals surface area (Å²) >= 11 is 0. The first-order valence-electron chi connectivity index (χ1n) is 9.27. The van der Waals surface area contributed by atoms with Crippen LogP contribution in [0.4, 0.5) is 0 Å². The predicted molar refractivity (Wildman–Crippen MR) is 110 cm³/mol. The molecule has 0 bridgehead atoms. The molecular weight excluding hydrogens is 368 g/mol. The van der Waals surface area contributed by atoms with Gasteiger partial charge in [-0.1, -0.05) is 56.3 Å². The van der Waals surface area contributed by atoms with Gasteiger partial charge in [-0.3, -0.25) is 25.2 Å². The molecule has 1 atom stereocenters. The van der Waals surface area contributed by atoms with Gasteiger partial charge >= 0.3 is 0 Å². The molecule has 1 unspecified atom stereocenters. The first-order chi connectivity index (χ1) is 14.0. The minimum atomic E-state index is -0.812. The number of nitrogens with zero attached hydrogens (tertiary/aromatic N) is 1. The van der Waals surface area contributed by atoms with Gasteiger partial charge in [0.2, 0.25) is 0 Å². The average Bonchev–Trinajstić information content (AvgIpc) is 2.75. The van der Waals surface area contributed by atoms with Crippen LogP contribution >= 0.6 is 0 Å². The van der Waals surface area contributed by atoms with Crippen LogP contribution in [-0.2, 0) is 4.79 Å². The van der Waals surface area contributed by atoms with Crippen molar-refractivity contribution in [2.45, 2.75) is 19.9 Å². The lowest BCUT2D eigenvalue weighted by Gasteiger charge is -2.21. The van der Waals surface area contributed by atoms with Crippen molar-refractivity contribution < 1.29 is 14.4 Å². The largest absolute Gasteiger partial charge is 0.340 e. The molecule has 0 aliphatic heterocycles. The quantitative estimate of drug-likeness (QED) is 0.583. The third-order valence-corrected chi connectivity index (χ3v) is 4.40. The van der Waals surface area contributed by atoms with Gasteiger partial charge in [-0.15, -0.1) is 0 Å². The number of fused-ring (bicyclic) bond motifs is 1. The standard InChI is InChI=1S/C22H22N4O3/c1-14(2)19(24-20(27)16-9-4-3-5-10-16)22(29)26-25-21(28)18-13-12-15-8-6-7-11-17(15)23-18/h3-14,19H,1-2H3,(H,24,27)(H,25,28)(H,26,29). The van der Waals surface area contributed by atoms with E-state index in [0.29, 0.717) is 11.1 Å². The van der Waals surface area contributed by atoms with E-state index in [2.05, 4.69) is 21.2 Å². The van der Waals surface area contributed by atoms with Gasteiger partial charge in [0, 0.05) is 10.9 Å². The number of benzene rings is 2. The lowest BCUT2D eigenvalue weighted by Crippen LogP contribution is -2.54. The third-order valence-electron chi connectivity index (χ3n) is 4.40. The number of hydrogen-bond acceptors (Lipinski definition) is 4. The van der Waals surface area contributed by atoms with Gasteiger partial charge in [0.25, 0.3) is 17.7 Å². The Balaban J connectivity index is 1.63. The molecule has 0 spiro atoms. The molecule has 0 radical (unpaired) electrons. The summed E-state index contributed by atoms with van der Waals surface area (Å²) in [6, 6.07) is 18.6. The number of nitrogens with one attached hydrogen (secondary N) is 3.